The van der Waals surface area contributed by atoms with Crippen LogP contribution in [0.1, 0.15) is 12.6 Å². The SMILES string of the molecule is C#CC[C@]1(CO)O[C@@H](n2ccc(N)nc2=O)C(O)C1O. The molecule has 1 aromatic rings. The lowest BCUT2D eigenvalue weighted by Gasteiger charge is -2.27. The van der Waals surface area contributed by atoms with Crippen LogP contribution in [0.25, 0.3) is 0 Å². The Labute approximate surface area is 114 Å². The first kappa shape index (κ1) is 14.5. The molecular weight excluding hydrogens is 266 g/mol. The third-order valence-electron chi connectivity index (χ3n) is 3.30. The highest BCUT2D eigenvalue weighted by molar-refractivity contribution is 5.23. The number of terminal acetylenes is 1. The van der Waals surface area contributed by atoms with Crippen molar-refractivity contribution >= 4 is 5.82 Å². The minimum absolute atomic E-state index is 0.0244. The van der Waals surface area contributed by atoms with Gasteiger partial charge in [0.15, 0.2) is 6.23 Å². The first-order chi connectivity index (χ1) is 9.45. The Hall–Kier alpha value is -1.92. The molecule has 20 heavy (non-hydrogen) atoms. The van der Waals surface area contributed by atoms with Crippen molar-refractivity contribution in [1.29, 1.82) is 0 Å². The van der Waals surface area contributed by atoms with Crippen LogP contribution in [0.3, 0.4) is 0 Å². The van der Waals surface area contributed by atoms with Crippen LogP contribution >= 0.6 is 0 Å². The van der Waals surface area contributed by atoms with Crippen molar-refractivity contribution in [2.45, 2.75) is 30.5 Å². The van der Waals surface area contributed by atoms with Crippen molar-refractivity contribution in [2.75, 3.05) is 12.3 Å². The van der Waals surface area contributed by atoms with Crippen LogP contribution in [0, 0.1) is 12.3 Å². The number of anilines is 1. The summed E-state index contributed by atoms with van der Waals surface area (Å²) in [5.41, 5.74) is 3.12. The van der Waals surface area contributed by atoms with Crippen LogP contribution in [0.4, 0.5) is 5.82 Å². The minimum atomic E-state index is -1.51. The normalized spacial score (nSPS) is 33.0. The van der Waals surface area contributed by atoms with E-state index in [1.165, 1.54) is 12.3 Å². The molecule has 0 aliphatic carbocycles. The average molecular weight is 281 g/mol. The van der Waals surface area contributed by atoms with Crippen LogP contribution in [0.15, 0.2) is 17.1 Å². The molecule has 1 aromatic heterocycles. The second-order valence-corrected chi connectivity index (χ2v) is 4.59. The maximum Gasteiger partial charge on any atom is 0.351 e. The van der Waals surface area contributed by atoms with E-state index in [4.69, 9.17) is 16.9 Å². The summed E-state index contributed by atoms with van der Waals surface area (Å²) in [6, 6.07) is 1.35. The second kappa shape index (κ2) is 5.22. The van der Waals surface area contributed by atoms with Crippen molar-refractivity contribution in [3.8, 4) is 12.3 Å². The third-order valence-corrected chi connectivity index (χ3v) is 3.30. The maximum absolute atomic E-state index is 11.7. The zero-order valence-electron chi connectivity index (χ0n) is 10.5. The molecule has 1 aliphatic heterocycles. The van der Waals surface area contributed by atoms with Crippen molar-refractivity contribution < 1.29 is 20.1 Å². The molecule has 0 spiro atoms. The molecule has 4 atom stereocenters. The van der Waals surface area contributed by atoms with Gasteiger partial charge in [-0.1, -0.05) is 0 Å². The van der Waals surface area contributed by atoms with Crippen LogP contribution in [0.2, 0.25) is 0 Å². The lowest BCUT2D eigenvalue weighted by molar-refractivity contribution is -0.126. The summed E-state index contributed by atoms with van der Waals surface area (Å²) in [5, 5.41) is 29.4. The summed E-state index contributed by atoms with van der Waals surface area (Å²) in [7, 11) is 0. The van der Waals surface area contributed by atoms with Gasteiger partial charge in [-0.15, -0.1) is 12.3 Å². The molecule has 2 unspecified atom stereocenters. The number of aromatic nitrogens is 2. The standard InChI is InChI=1S/C12H15N3O5/c1-2-4-12(6-16)9(18)8(17)10(20-12)15-5-3-7(13)14-11(15)19/h1,3,5,8-10,16-18H,4,6H2,(H2,13,14,19)/t8?,9?,10-,12-/m1/s1. The number of nitrogens with two attached hydrogens (primary N) is 1. The molecule has 0 saturated carbocycles. The fourth-order valence-corrected chi connectivity index (χ4v) is 2.19. The van der Waals surface area contributed by atoms with Gasteiger partial charge in [-0.3, -0.25) is 4.57 Å². The van der Waals surface area contributed by atoms with E-state index in [-0.39, 0.29) is 12.2 Å². The average Bonchev–Trinajstić information content (AvgIpc) is 2.65. The fourth-order valence-electron chi connectivity index (χ4n) is 2.19. The summed E-state index contributed by atoms with van der Waals surface area (Å²) in [4.78, 5) is 15.2. The van der Waals surface area contributed by atoms with Crippen LogP contribution < -0.4 is 11.4 Å². The predicted octanol–water partition coefficient (Wildman–Crippen LogP) is -2.17. The highest BCUT2D eigenvalue weighted by Gasteiger charge is 2.54. The molecule has 0 bridgehead atoms. The molecular formula is C12H15N3O5. The zero-order valence-corrected chi connectivity index (χ0v) is 10.5. The molecule has 0 radical (unpaired) electrons. The molecule has 0 amide bonds. The Balaban J connectivity index is 2.40. The summed E-state index contributed by atoms with van der Waals surface area (Å²) < 4.78 is 6.44. The van der Waals surface area contributed by atoms with E-state index in [2.05, 4.69) is 10.9 Å². The van der Waals surface area contributed by atoms with E-state index in [1.807, 2.05) is 0 Å². The number of hydrogen-bond acceptors (Lipinski definition) is 7. The first-order valence-corrected chi connectivity index (χ1v) is 5.88. The topological polar surface area (TPSA) is 131 Å². The van der Waals surface area contributed by atoms with Gasteiger partial charge in [0, 0.05) is 12.6 Å². The van der Waals surface area contributed by atoms with Gasteiger partial charge in [0.25, 0.3) is 0 Å². The van der Waals surface area contributed by atoms with E-state index in [0.717, 1.165) is 4.57 Å². The van der Waals surface area contributed by atoms with Gasteiger partial charge < -0.3 is 25.8 Å². The quantitative estimate of drug-likeness (QED) is 0.464. The highest BCUT2D eigenvalue weighted by atomic mass is 16.6. The van der Waals surface area contributed by atoms with Gasteiger partial charge in [0.05, 0.1) is 6.61 Å². The molecule has 8 heteroatoms. The van der Waals surface area contributed by atoms with E-state index >= 15 is 0 Å². The van der Waals surface area contributed by atoms with Gasteiger partial charge in [-0.2, -0.15) is 4.98 Å². The second-order valence-electron chi connectivity index (χ2n) is 4.59. The van der Waals surface area contributed by atoms with Gasteiger partial charge in [-0.05, 0) is 6.07 Å². The largest absolute Gasteiger partial charge is 0.393 e. The Morgan fingerprint density at radius 2 is 2.30 bits per heavy atom. The summed E-state index contributed by atoms with van der Waals surface area (Å²) in [6.45, 7) is -0.594. The zero-order chi connectivity index (χ0) is 14.9. The summed E-state index contributed by atoms with van der Waals surface area (Å²) in [6.07, 6.45) is 2.28. The lowest BCUT2D eigenvalue weighted by atomic mass is 9.93. The van der Waals surface area contributed by atoms with E-state index < -0.39 is 36.3 Å². The fraction of sp³-hybridized carbons (Fsp3) is 0.500. The molecule has 108 valence electrons. The van der Waals surface area contributed by atoms with Crippen LogP contribution in [-0.2, 0) is 4.74 Å². The van der Waals surface area contributed by atoms with Gasteiger partial charge in [0.1, 0.15) is 23.6 Å². The number of nitrogen functional groups attached to an aromatic ring is 1. The van der Waals surface area contributed by atoms with E-state index in [1.54, 1.807) is 0 Å². The molecule has 2 heterocycles. The summed E-state index contributed by atoms with van der Waals surface area (Å²) >= 11 is 0. The number of nitrogens with zero attached hydrogens (tertiary/aromatic N) is 2. The maximum atomic E-state index is 11.7. The number of aliphatic hydroxyl groups excluding tert-OH is 3. The molecule has 8 nitrogen and oxygen atoms in total. The Kier molecular flexibility index (Phi) is 3.78. The molecule has 0 aromatic carbocycles. The van der Waals surface area contributed by atoms with Crippen LogP contribution in [0.5, 0.6) is 0 Å². The number of hydrogen-bond donors (Lipinski definition) is 4. The van der Waals surface area contributed by atoms with Gasteiger partial charge in [-0.25, -0.2) is 4.79 Å². The molecule has 5 N–H and O–H groups in total. The predicted molar refractivity (Wildman–Crippen MR) is 68.3 cm³/mol. The molecule has 1 fully saturated rings. The number of aliphatic hydroxyl groups is 3. The van der Waals surface area contributed by atoms with Crippen molar-refractivity contribution in [3.05, 3.63) is 22.7 Å². The lowest BCUT2D eigenvalue weighted by Crippen LogP contribution is -2.46. The minimum Gasteiger partial charge on any atom is -0.393 e. The van der Waals surface area contributed by atoms with Gasteiger partial charge >= 0.3 is 5.69 Å². The molecule has 1 aliphatic rings. The Bertz CT molecular complexity index is 595. The monoisotopic (exact) mass is 281 g/mol. The van der Waals surface area contributed by atoms with Crippen molar-refractivity contribution in [3.63, 3.8) is 0 Å². The van der Waals surface area contributed by atoms with E-state index in [9.17, 15) is 20.1 Å². The molecule has 2 rings (SSSR count). The number of ether oxygens (including phenoxy) is 1. The first-order valence-electron chi connectivity index (χ1n) is 5.88. The van der Waals surface area contributed by atoms with Crippen molar-refractivity contribution in [1.82, 2.24) is 9.55 Å². The summed E-state index contributed by atoms with van der Waals surface area (Å²) in [5.74, 6) is 2.29. The van der Waals surface area contributed by atoms with Gasteiger partial charge in [0.2, 0.25) is 0 Å². The van der Waals surface area contributed by atoms with Crippen LogP contribution in [-0.4, -0.2) is 49.3 Å². The van der Waals surface area contributed by atoms with Crippen molar-refractivity contribution in [2.24, 2.45) is 0 Å². The highest BCUT2D eigenvalue weighted by Crippen LogP contribution is 2.38. The van der Waals surface area contributed by atoms with E-state index in [0.29, 0.717) is 0 Å². The Morgan fingerprint density at radius 3 is 2.85 bits per heavy atom. The molecule has 1 saturated heterocycles. The third kappa shape index (κ3) is 2.17. The smallest absolute Gasteiger partial charge is 0.351 e. The number of rotatable bonds is 3. The Morgan fingerprint density at radius 1 is 1.60 bits per heavy atom.